The molecule has 25 heavy (non-hydrogen) atoms. The van der Waals surface area contributed by atoms with E-state index in [9.17, 15) is 0 Å². The van der Waals surface area contributed by atoms with E-state index in [0.29, 0.717) is 5.78 Å². The van der Waals surface area contributed by atoms with Crippen LogP contribution in [0.15, 0.2) is 47.3 Å². The van der Waals surface area contributed by atoms with Crippen molar-refractivity contribution in [3.05, 3.63) is 53.0 Å². The van der Waals surface area contributed by atoms with Crippen molar-refractivity contribution in [3.63, 3.8) is 0 Å². The molecule has 0 aliphatic rings. The number of nitrogens with zero attached hydrogens (tertiary/aromatic N) is 5. The minimum absolute atomic E-state index is 0.598. The van der Waals surface area contributed by atoms with Crippen molar-refractivity contribution >= 4 is 44.1 Å². The first kappa shape index (κ1) is 15.8. The molecule has 0 aliphatic heterocycles. The molecule has 0 unspecified atom stereocenters. The van der Waals surface area contributed by atoms with E-state index in [1.54, 1.807) is 4.52 Å². The van der Waals surface area contributed by atoms with Crippen molar-refractivity contribution in [2.75, 3.05) is 23.7 Å². The molecule has 0 saturated heterocycles. The molecule has 4 rings (SSSR count). The van der Waals surface area contributed by atoms with Crippen LogP contribution in [0.4, 0.5) is 11.5 Å². The molecule has 0 atom stereocenters. The summed E-state index contributed by atoms with van der Waals surface area (Å²) in [6.45, 7) is 3.44. The number of nitrogens with one attached hydrogen (secondary N) is 2. The van der Waals surface area contributed by atoms with Crippen molar-refractivity contribution in [2.45, 2.75) is 6.92 Å². The lowest BCUT2D eigenvalue weighted by molar-refractivity contribution is 0.915. The van der Waals surface area contributed by atoms with Gasteiger partial charge in [-0.3, -0.25) is 4.98 Å². The molecule has 8 heteroatoms. The van der Waals surface area contributed by atoms with Gasteiger partial charge < -0.3 is 10.6 Å². The molecular weight excluding hydrogens is 382 g/mol. The zero-order valence-electron chi connectivity index (χ0n) is 13.6. The van der Waals surface area contributed by atoms with Crippen molar-refractivity contribution in [3.8, 4) is 0 Å². The van der Waals surface area contributed by atoms with Crippen LogP contribution in [0.1, 0.15) is 5.69 Å². The Morgan fingerprint density at radius 3 is 2.88 bits per heavy atom. The smallest absolute Gasteiger partial charge is 0.254 e. The molecule has 0 bridgehead atoms. The molecule has 3 heterocycles. The molecule has 0 amide bonds. The third-order valence-electron chi connectivity index (χ3n) is 3.83. The van der Waals surface area contributed by atoms with Gasteiger partial charge in [-0.05, 0) is 31.2 Å². The van der Waals surface area contributed by atoms with Gasteiger partial charge in [0.15, 0.2) is 0 Å². The summed E-state index contributed by atoms with van der Waals surface area (Å²) in [5.41, 5.74) is 2.93. The number of aromatic nitrogens is 5. The maximum absolute atomic E-state index is 4.41. The number of fused-ring (bicyclic) bond motifs is 2. The van der Waals surface area contributed by atoms with E-state index in [0.717, 1.165) is 45.7 Å². The molecule has 0 fully saturated rings. The fourth-order valence-electron chi connectivity index (χ4n) is 2.72. The number of aryl methyl sites for hydroxylation is 1. The van der Waals surface area contributed by atoms with Crippen molar-refractivity contribution < 1.29 is 0 Å². The SMILES string of the molecule is Cc1cc(NCCNc2ccnc3cc(Br)ccc23)n2ncnc2n1. The monoisotopic (exact) mass is 397 g/mol. The first-order valence-electron chi connectivity index (χ1n) is 7.90. The summed E-state index contributed by atoms with van der Waals surface area (Å²) in [5, 5.41) is 12.1. The largest absolute Gasteiger partial charge is 0.383 e. The van der Waals surface area contributed by atoms with Crippen LogP contribution in [-0.2, 0) is 0 Å². The second kappa shape index (κ2) is 6.64. The zero-order chi connectivity index (χ0) is 17.2. The second-order valence-corrected chi connectivity index (χ2v) is 6.54. The third kappa shape index (κ3) is 3.25. The molecule has 3 aromatic heterocycles. The Balaban J connectivity index is 1.45. The summed E-state index contributed by atoms with van der Waals surface area (Å²) in [4.78, 5) is 12.9. The van der Waals surface area contributed by atoms with E-state index in [1.165, 1.54) is 6.33 Å². The van der Waals surface area contributed by atoms with Crippen LogP contribution in [0.3, 0.4) is 0 Å². The average molecular weight is 398 g/mol. The van der Waals surface area contributed by atoms with Crippen LogP contribution in [-0.4, -0.2) is 37.7 Å². The molecule has 1 aromatic carbocycles. The Morgan fingerprint density at radius 1 is 1.08 bits per heavy atom. The van der Waals surface area contributed by atoms with E-state index in [4.69, 9.17) is 0 Å². The lowest BCUT2D eigenvalue weighted by Crippen LogP contribution is -2.16. The van der Waals surface area contributed by atoms with Gasteiger partial charge in [-0.25, -0.2) is 4.98 Å². The number of hydrogen-bond donors (Lipinski definition) is 2. The topological polar surface area (TPSA) is 80.0 Å². The minimum Gasteiger partial charge on any atom is -0.383 e. The number of halogens is 1. The zero-order valence-corrected chi connectivity index (χ0v) is 15.2. The van der Waals surface area contributed by atoms with Gasteiger partial charge in [0.2, 0.25) is 0 Å². The fraction of sp³-hybridized carbons (Fsp3) is 0.176. The third-order valence-corrected chi connectivity index (χ3v) is 4.32. The molecule has 0 saturated carbocycles. The summed E-state index contributed by atoms with van der Waals surface area (Å²) >= 11 is 3.48. The molecular formula is C17H16BrN7. The fourth-order valence-corrected chi connectivity index (χ4v) is 3.07. The highest BCUT2D eigenvalue weighted by molar-refractivity contribution is 9.10. The van der Waals surface area contributed by atoms with Gasteiger partial charge in [-0.2, -0.15) is 14.6 Å². The molecule has 0 spiro atoms. The van der Waals surface area contributed by atoms with Crippen molar-refractivity contribution in [1.29, 1.82) is 0 Å². The standard InChI is InChI=1S/C17H16BrN7/c1-11-8-16(25-17(24-11)22-10-23-25)21-7-6-20-14-4-5-19-15-9-12(18)2-3-13(14)15/h2-5,8-10,21H,6-7H2,1H3,(H,19,20). The van der Waals surface area contributed by atoms with Gasteiger partial charge in [-0.15, -0.1) is 0 Å². The Hall–Kier alpha value is -2.74. The Labute approximate surface area is 152 Å². The molecule has 4 aromatic rings. The lowest BCUT2D eigenvalue weighted by Gasteiger charge is -2.12. The van der Waals surface area contributed by atoms with Gasteiger partial charge in [-0.1, -0.05) is 15.9 Å². The van der Waals surface area contributed by atoms with E-state index >= 15 is 0 Å². The summed E-state index contributed by atoms with van der Waals surface area (Å²) in [7, 11) is 0. The normalized spacial score (nSPS) is 11.1. The van der Waals surface area contributed by atoms with Gasteiger partial charge in [0, 0.05) is 46.6 Å². The van der Waals surface area contributed by atoms with Crippen LogP contribution in [0.5, 0.6) is 0 Å². The van der Waals surface area contributed by atoms with E-state index in [-0.39, 0.29) is 0 Å². The highest BCUT2D eigenvalue weighted by Gasteiger charge is 2.05. The number of rotatable bonds is 5. The Kier molecular flexibility index (Phi) is 4.19. The summed E-state index contributed by atoms with van der Waals surface area (Å²) in [6.07, 6.45) is 3.32. The van der Waals surface area contributed by atoms with Crippen molar-refractivity contribution in [2.24, 2.45) is 0 Å². The predicted octanol–water partition coefficient (Wildman–Crippen LogP) is 3.27. The Bertz CT molecular complexity index is 1040. The highest BCUT2D eigenvalue weighted by Crippen LogP contribution is 2.24. The predicted molar refractivity (Wildman–Crippen MR) is 102 cm³/mol. The maximum atomic E-state index is 4.41. The summed E-state index contributed by atoms with van der Waals surface area (Å²) in [5.74, 6) is 1.48. The second-order valence-electron chi connectivity index (χ2n) is 5.63. The maximum Gasteiger partial charge on any atom is 0.254 e. The van der Waals surface area contributed by atoms with Gasteiger partial charge in [0.25, 0.3) is 5.78 Å². The number of pyridine rings is 1. The first-order valence-corrected chi connectivity index (χ1v) is 8.69. The Morgan fingerprint density at radius 2 is 1.96 bits per heavy atom. The average Bonchev–Trinajstić information content (AvgIpc) is 3.06. The summed E-state index contributed by atoms with van der Waals surface area (Å²) < 4.78 is 2.73. The highest BCUT2D eigenvalue weighted by atomic mass is 79.9. The van der Waals surface area contributed by atoms with E-state index in [2.05, 4.69) is 52.7 Å². The van der Waals surface area contributed by atoms with Gasteiger partial charge >= 0.3 is 0 Å². The van der Waals surface area contributed by atoms with Gasteiger partial charge in [0.05, 0.1) is 5.52 Å². The van der Waals surface area contributed by atoms with Crippen LogP contribution >= 0.6 is 15.9 Å². The van der Waals surface area contributed by atoms with Crippen LogP contribution in [0, 0.1) is 6.92 Å². The number of benzene rings is 1. The molecule has 0 aliphatic carbocycles. The van der Waals surface area contributed by atoms with Gasteiger partial charge in [0.1, 0.15) is 12.1 Å². The molecule has 126 valence electrons. The molecule has 0 radical (unpaired) electrons. The molecule has 2 N–H and O–H groups in total. The van der Waals surface area contributed by atoms with E-state index < -0.39 is 0 Å². The quantitative estimate of drug-likeness (QED) is 0.503. The van der Waals surface area contributed by atoms with Crippen LogP contribution < -0.4 is 10.6 Å². The summed E-state index contributed by atoms with van der Waals surface area (Å²) in [6, 6.07) is 10.0. The van der Waals surface area contributed by atoms with Crippen molar-refractivity contribution in [1.82, 2.24) is 24.6 Å². The first-order chi connectivity index (χ1) is 12.2. The van der Waals surface area contributed by atoms with E-state index in [1.807, 2.05) is 37.4 Å². The lowest BCUT2D eigenvalue weighted by atomic mass is 10.2. The van der Waals surface area contributed by atoms with Crippen LogP contribution in [0.2, 0.25) is 0 Å². The minimum atomic E-state index is 0.598. The number of anilines is 2. The van der Waals surface area contributed by atoms with Crippen LogP contribution in [0.25, 0.3) is 16.7 Å². The number of hydrogen-bond acceptors (Lipinski definition) is 6. The molecule has 7 nitrogen and oxygen atoms in total.